The second kappa shape index (κ2) is 11.9. The number of likely N-dealkylation sites (N-methyl/N-ethyl adjacent to an activating group) is 1. The molecule has 0 radical (unpaired) electrons. The Morgan fingerprint density at radius 3 is 2.17 bits per heavy atom. The quantitative estimate of drug-likeness (QED) is 0.587. The van der Waals surface area contributed by atoms with E-state index in [1.807, 2.05) is 13.8 Å². The first-order chi connectivity index (χ1) is 11.4. The van der Waals surface area contributed by atoms with E-state index in [0.29, 0.717) is 6.42 Å². The van der Waals surface area contributed by atoms with Crippen LogP contribution in [0.1, 0.15) is 53.9 Å². The van der Waals surface area contributed by atoms with Gasteiger partial charge in [-0.3, -0.25) is 4.90 Å². The van der Waals surface area contributed by atoms with Gasteiger partial charge in [0.2, 0.25) is 0 Å². The molecule has 0 atom stereocenters. The van der Waals surface area contributed by atoms with E-state index in [1.165, 1.54) is 0 Å². The van der Waals surface area contributed by atoms with Gasteiger partial charge < -0.3 is 4.90 Å². The molecule has 0 spiro atoms. The fourth-order valence-corrected chi connectivity index (χ4v) is 2.91. The topological polar surface area (TPSA) is 30.3 Å². The van der Waals surface area contributed by atoms with Gasteiger partial charge in [-0.2, -0.15) is 5.26 Å². The van der Waals surface area contributed by atoms with Crippen molar-refractivity contribution in [2.75, 3.05) is 32.7 Å². The maximum atomic E-state index is 8.90. The van der Waals surface area contributed by atoms with Gasteiger partial charge in [0, 0.05) is 31.8 Å². The summed E-state index contributed by atoms with van der Waals surface area (Å²) in [6.45, 7) is 23.8. The van der Waals surface area contributed by atoms with Crippen LogP contribution in [-0.4, -0.2) is 42.5 Å². The predicted octanol–water partition coefficient (Wildman–Crippen LogP) is 5.00. The van der Waals surface area contributed by atoms with Gasteiger partial charge in [-0.1, -0.05) is 40.0 Å². The Hall–Kier alpha value is -1.53. The lowest BCUT2D eigenvalue weighted by atomic mass is 9.78. The standard InChI is InChI=1S/C19H31N3.C2H6/c1-6-22(7-2)18(4)9-8-17(3)16-21-14-11-19(5,10-13-20)12-15-21;1-2/h8-9H,3-4,6-7,10-12,14-16H2,1-2,5H3;1-2H3/b9-8-;. The van der Waals surface area contributed by atoms with Gasteiger partial charge in [-0.25, -0.2) is 0 Å². The van der Waals surface area contributed by atoms with Gasteiger partial charge in [0.1, 0.15) is 0 Å². The van der Waals surface area contributed by atoms with Crippen molar-refractivity contribution in [2.45, 2.75) is 53.9 Å². The van der Waals surface area contributed by atoms with Crippen LogP contribution in [0, 0.1) is 16.7 Å². The van der Waals surface area contributed by atoms with E-state index >= 15 is 0 Å². The minimum Gasteiger partial charge on any atom is -0.373 e. The number of nitriles is 1. The highest BCUT2D eigenvalue weighted by atomic mass is 15.1. The van der Waals surface area contributed by atoms with Crippen molar-refractivity contribution in [3.05, 3.63) is 36.6 Å². The predicted molar refractivity (Wildman–Crippen MR) is 106 cm³/mol. The number of hydrogen-bond acceptors (Lipinski definition) is 3. The summed E-state index contributed by atoms with van der Waals surface area (Å²) < 4.78 is 0. The van der Waals surface area contributed by atoms with Crippen molar-refractivity contribution in [1.29, 1.82) is 5.26 Å². The zero-order valence-corrected chi connectivity index (χ0v) is 16.6. The van der Waals surface area contributed by atoms with E-state index in [0.717, 1.165) is 56.8 Å². The van der Waals surface area contributed by atoms with E-state index in [2.05, 4.69) is 62.0 Å². The molecule has 0 unspecified atom stereocenters. The zero-order chi connectivity index (χ0) is 18.6. The molecule has 1 heterocycles. The Bertz CT molecular complexity index is 444. The van der Waals surface area contributed by atoms with Crippen LogP contribution in [0.25, 0.3) is 0 Å². The molecule has 1 rings (SSSR count). The fourth-order valence-electron chi connectivity index (χ4n) is 2.91. The van der Waals surface area contributed by atoms with Crippen LogP contribution < -0.4 is 0 Å². The smallest absolute Gasteiger partial charge is 0.0627 e. The number of likely N-dealkylation sites (tertiary alicyclic amines) is 1. The Balaban J connectivity index is 0.00000254. The monoisotopic (exact) mass is 331 g/mol. The van der Waals surface area contributed by atoms with Gasteiger partial charge >= 0.3 is 0 Å². The molecule has 0 aromatic heterocycles. The molecule has 0 saturated carbocycles. The van der Waals surface area contributed by atoms with Crippen LogP contribution in [0.3, 0.4) is 0 Å². The lowest BCUT2D eigenvalue weighted by Gasteiger charge is -2.38. The second-order valence-electron chi connectivity index (χ2n) is 6.58. The van der Waals surface area contributed by atoms with Gasteiger partial charge in [0.15, 0.2) is 0 Å². The summed E-state index contributed by atoms with van der Waals surface area (Å²) in [6.07, 6.45) is 7.03. The SMILES string of the molecule is C=C(/C=C\C(=C)N(CC)CC)CN1CCC(C)(CC#N)CC1.CC. The molecule has 0 bridgehead atoms. The van der Waals surface area contributed by atoms with E-state index < -0.39 is 0 Å². The summed E-state index contributed by atoms with van der Waals surface area (Å²) in [5, 5.41) is 8.90. The number of hydrogen-bond donors (Lipinski definition) is 0. The van der Waals surface area contributed by atoms with Crippen molar-refractivity contribution in [2.24, 2.45) is 5.41 Å². The number of allylic oxidation sites excluding steroid dienone is 1. The summed E-state index contributed by atoms with van der Waals surface area (Å²) in [7, 11) is 0. The molecule has 0 aliphatic carbocycles. The first-order valence-electron chi connectivity index (χ1n) is 9.33. The van der Waals surface area contributed by atoms with Crippen LogP contribution in [0.2, 0.25) is 0 Å². The fraction of sp³-hybridized carbons (Fsp3) is 0.667. The van der Waals surface area contributed by atoms with Gasteiger partial charge in [-0.15, -0.1) is 0 Å². The molecule has 1 fully saturated rings. The Morgan fingerprint density at radius 2 is 1.71 bits per heavy atom. The number of rotatable bonds is 8. The molecule has 136 valence electrons. The Morgan fingerprint density at radius 1 is 1.17 bits per heavy atom. The summed E-state index contributed by atoms with van der Waals surface area (Å²) in [4.78, 5) is 4.67. The normalized spacial score (nSPS) is 16.8. The zero-order valence-electron chi connectivity index (χ0n) is 16.6. The van der Waals surface area contributed by atoms with E-state index in [-0.39, 0.29) is 5.41 Å². The number of nitrogens with zero attached hydrogens (tertiary/aromatic N) is 3. The highest BCUT2D eigenvalue weighted by Crippen LogP contribution is 2.33. The molecule has 1 saturated heterocycles. The van der Waals surface area contributed by atoms with Crippen LogP contribution in [-0.2, 0) is 0 Å². The summed E-state index contributed by atoms with van der Waals surface area (Å²) in [5.74, 6) is 0. The van der Waals surface area contributed by atoms with Gasteiger partial charge in [0.05, 0.1) is 6.07 Å². The minimum absolute atomic E-state index is 0.208. The molecular weight excluding hydrogens is 294 g/mol. The van der Waals surface area contributed by atoms with E-state index in [9.17, 15) is 0 Å². The van der Waals surface area contributed by atoms with Crippen LogP contribution in [0.5, 0.6) is 0 Å². The molecule has 0 N–H and O–H groups in total. The Kier molecular flexibility index (Phi) is 11.2. The molecule has 24 heavy (non-hydrogen) atoms. The second-order valence-corrected chi connectivity index (χ2v) is 6.58. The van der Waals surface area contributed by atoms with Crippen LogP contribution >= 0.6 is 0 Å². The van der Waals surface area contributed by atoms with E-state index in [1.54, 1.807) is 0 Å². The van der Waals surface area contributed by atoms with Crippen molar-refractivity contribution in [3.8, 4) is 6.07 Å². The summed E-state index contributed by atoms with van der Waals surface area (Å²) in [6, 6.07) is 2.33. The van der Waals surface area contributed by atoms with Crippen molar-refractivity contribution >= 4 is 0 Å². The van der Waals surface area contributed by atoms with Gasteiger partial charge in [0.25, 0.3) is 0 Å². The third-order valence-corrected chi connectivity index (χ3v) is 4.68. The lowest BCUT2D eigenvalue weighted by Crippen LogP contribution is -2.39. The highest BCUT2D eigenvalue weighted by molar-refractivity contribution is 5.24. The molecular formula is C21H37N3. The highest BCUT2D eigenvalue weighted by Gasteiger charge is 2.29. The molecule has 1 aliphatic rings. The average molecular weight is 332 g/mol. The largest absolute Gasteiger partial charge is 0.373 e. The third kappa shape index (κ3) is 7.84. The minimum atomic E-state index is 0.208. The van der Waals surface area contributed by atoms with Crippen LogP contribution in [0.4, 0.5) is 0 Å². The third-order valence-electron chi connectivity index (χ3n) is 4.68. The maximum absolute atomic E-state index is 8.90. The van der Waals surface area contributed by atoms with Crippen molar-refractivity contribution < 1.29 is 0 Å². The van der Waals surface area contributed by atoms with Crippen molar-refractivity contribution in [3.63, 3.8) is 0 Å². The summed E-state index contributed by atoms with van der Waals surface area (Å²) in [5.41, 5.74) is 2.38. The lowest BCUT2D eigenvalue weighted by molar-refractivity contribution is 0.130. The van der Waals surface area contributed by atoms with Crippen molar-refractivity contribution in [1.82, 2.24) is 9.80 Å². The molecule has 0 amide bonds. The van der Waals surface area contributed by atoms with E-state index in [4.69, 9.17) is 5.26 Å². The molecule has 1 aliphatic heterocycles. The molecule has 0 aromatic carbocycles. The first kappa shape index (κ1) is 22.5. The molecule has 3 heteroatoms. The molecule has 3 nitrogen and oxygen atoms in total. The average Bonchev–Trinajstić information content (AvgIpc) is 2.58. The molecule has 0 aromatic rings. The number of piperidine rings is 1. The van der Waals surface area contributed by atoms with Crippen LogP contribution in [0.15, 0.2) is 36.6 Å². The summed E-state index contributed by atoms with van der Waals surface area (Å²) >= 11 is 0. The maximum Gasteiger partial charge on any atom is 0.0627 e. The Labute approximate surface area is 150 Å². The first-order valence-corrected chi connectivity index (χ1v) is 9.33. The van der Waals surface area contributed by atoms with Gasteiger partial charge in [-0.05, 0) is 56.8 Å².